The zero-order chi connectivity index (χ0) is 20.4. The van der Waals surface area contributed by atoms with Crippen LogP contribution in [0.3, 0.4) is 0 Å². The molecule has 1 aromatic heterocycles. The van der Waals surface area contributed by atoms with Gasteiger partial charge in [-0.1, -0.05) is 44.2 Å². The molecule has 1 atom stereocenters. The molecule has 0 spiro atoms. The van der Waals surface area contributed by atoms with Crippen molar-refractivity contribution >= 4 is 17.2 Å². The Kier molecular flexibility index (Phi) is 8.49. The van der Waals surface area contributed by atoms with Gasteiger partial charge in [0.25, 0.3) is 0 Å². The standard InChI is InChI=1S/C25H31N3/c1-6-19(2)11-12-22-13-15-24(20(3)17-22)28-21(4)9-7-8-10-23-14-16-25(26-5)27-18-23/h7,9,13-19H,6,11-12H2,1-5H3,(H,26,27)/b9-7+,28-21?. The van der Waals surface area contributed by atoms with Crippen molar-refractivity contribution in [2.45, 2.75) is 47.0 Å². The van der Waals surface area contributed by atoms with E-state index in [0.29, 0.717) is 0 Å². The van der Waals surface area contributed by atoms with Crippen molar-refractivity contribution in [1.29, 1.82) is 0 Å². The van der Waals surface area contributed by atoms with Gasteiger partial charge in [-0.25, -0.2) is 4.98 Å². The molecule has 3 nitrogen and oxygen atoms in total. The second-order valence-corrected chi connectivity index (χ2v) is 7.21. The van der Waals surface area contributed by atoms with E-state index >= 15 is 0 Å². The summed E-state index contributed by atoms with van der Waals surface area (Å²) < 4.78 is 0. The predicted molar refractivity (Wildman–Crippen MR) is 122 cm³/mol. The Labute approximate surface area is 170 Å². The van der Waals surface area contributed by atoms with Gasteiger partial charge < -0.3 is 5.32 Å². The number of benzene rings is 1. The maximum Gasteiger partial charge on any atom is 0.125 e. The van der Waals surface area contributed by atoms with E-state index < -0.39 is 0 Å². The number of pyridine rings is 1. The van der Waals surface area contributed by atoms with Gasteiger partial charge in [-0.15, -0.1) is 0 Å². The van der Waals surface area contributed by atoms with Gasteiger partial charge in [0, 0.05) is 24.5 Å². The largest absolute Gasteiger partial charge is 0.373 e. The number of anilines is 1. The summed E-state index contributed by atoms with van der Waals surface area (Å²) in [5.74, 6) is 7.74. The maximum absolute atomic E-state index is 4.72. The average Bonchev–Trinajstić information content (AvgIpc) is 2.71. The predicted octanol–water partition coefficient (Wildman–Crippen LogP) is 6.11. The minimum Gasteiger partial charge on any atom is -0.373 e. The Bertz CT molecular complexity index is 880. The first-order valence-electron chi connectivity index (χ1n) is 9.98. The van der Waals surface area contributed by atoms with Crippen LogP contribution in [-0.2, 0) is 6.42 Å². The van der Waals surface area contributed by atoms with Crippen molar-refractivity contribution in [3.05, 3.63) is 65.4 Å². The molecule has 0 bridgehead atoms. The lowest BCUT2D eigenvalue weighted by Gasteiger charge is -2.09. The monoisotopic (exact) mass is 373 g/mol. The fourth-order valence-corrected chi connectivity index (χ4v) is 2.75. The number of allylic oxidation sites excluding steroid dienone is 2. The van der Waals surface area contributed by atoms with E-state index in [1.54, 1.807) is 6.20 Å². The highest BCUT2D eigenvalue weighted by Gasteiger charge is 2.03. The maximum atomic E-state index is 4.72. The Morgan fingerprint density at radius 3 is 2.75 bits per heavy atom. The molecule has 2 rings (SSSR count). The fraction of sp³-hybridized carbons (Fsp3) is 0.360. The number of aromatic nitrogens is 1. The highest BCUT2D eigenvalue weighted by Crippen LogP contribution is 2.22. The van der Waals surface area contributed by atoms with Crippen LogP contribution >= 0.6 is 0 Å². The first kappa shape index (κ1) is 21.4. The third-order valence-electron chi connectivity index (χ3n) is 4.82. The van der Waals surface area contributed by atoms with Gasteiger partial charge in [0.05, 0.1) is 5.69 Å². The molecule has 0 amide bonds. The Balaban J connectivity index is 1.98. The second-order valence-electron chi connectivity index (χ2n) is 7.21. The molecule has 1 N–H and O–H groups in total. The smallest absolute Gasteiger partial charge is 0.125 e. The molecule has 146 valence electrons. The van der Waals surface area contributed by atoms with Gasteiger partial charge in [-0.05, 0) is 74.1 Å². The number of aryl methyl sites for hydroxylation is 2. The molecule has 0 fully saturated rings. The van der Waals surface area contributed by atoms with E-state index in [9.17, 15) is 0 Å². The minimum absolute atomic E-state index is 0.781. The van der Waals surface area contributed by atoms with Gasteiger partial charge in [0.1, 0.15) is 5.82 Å². The highest BCUT2D eigenvalue weighted by molar-refractivity contribution is 5.95. The molecule has 28 heavy (non-hydrogen) atoms. The van der Waals surface area contributed by atoms with Crippen LogP contribution in [0.2, 0.25) is 0 Å². The molecule has 0 saturated heterocycles. The van der Waals surface area contributed by atoms with Crippen LogP contribution in [0.4, 0.5) is 11.5 Å². The summed E-state index contributed by atoms with van der Waals surface area (Å²) in [6.45, 7) is 8.70. The third-order valence-corrected chi connectivity index (χ3v) is 4.82. The van der Waals surface area contributed by atoms with Crippen molar-refractivity contribution in [2.75, 3.05) is 12.4 Å². The summed E-state index contributed by atoms with van der Waals surface area (Å²) in [7, 11) is 1.85. The molecular weight excluding hydrogens is 342 g/mol. The summed E-state index contributed by atoms with van der Waals surface area (Å²) in [4.78, 5) is 8.97. The van der Waals surface area contributed by atoms with Crippen molar-refractivity contribution in [3.8, 4) is 11.8 Å². The lowest BCUT2D eigenvalue weighted by molar-refractivity contribution is 0.516. The van der Waals surface area contributed by atoms with Crippen LogP contribution in [0.1, 0.15) is 50.3 Å². The fourth-order valence-electron chi connectivity index (χ4n) is 2.75. The van der Waals surface area contributed by atoms with Gasteiger partial charge in [-0.2, -0.15) is 0 Å². The molecule has 0 aliphatic heterocycles. The number of rotatable bonds is 7. The van der Waals surface area contributed by atoms with Gasteiger partial charge >= 0.3 is 0 Å². The first-order chi connectivity index (χ1) is 13.5. The lowest BCUT2D eigenvalue weighted by Crippen LogP contribution is -1.96. The van der Waals surface area contributed by atoms with Crippen LogP contribution in [0, 0.1) is 24.7 Å². The molecule has 0 aliphatic carbocycles. The van der Waals surface area contributed by atoms with Crippen LogP contribution in [-0.4, -0.2) is 17.7 Å². The van der Waals surface area contributed by atoms with E-state index in [1.165, 1.54) is 24.0 Å². The number of nitrogens with zero attached hydrogens (tertiary/aromatic N) is 2. The van der Waals surface area contributed by atoms with Crippen molar-refractivity contribution < 1.29 is 0 Å². The molecule has 0 aliphatic rings. The lowest BCUT2D eigenvalue weighted by atomic mass is 9.98. The van der Waals surface area contributed by atoms with Gasteiger partial charge in [0.15, 0.2) is 0 Å². The number of aliphatic imine (C=N–C) groups is 1. The van der Waals surface area contributed by atoms with E-state index in [2.05, 4.69) is 61.1 Å². The highest BCUT2D eigenvalue weighted by atomic mass is 14.9. The molecule has 1 aromatic carbocycles. The molecular formula is C25H31N3. The molecule has 2 aromatic rings. The summed E-state index contributed by atoms with van der Waals surface area (Å²) in [6.07, 6.45) is 9.16. The van der Waals surface area contributed by atoms with E-state index in [4.69, 9.17) is 4.99 Å². The average molecular weight is 374 g/mol. The van der Waals surface area contributed by atoms with Crippen LogP contribution in [0.5, 0.6) is 0 Å². The molecule has 1 heterocycles. The van der Waals surface area contributed by atoms with Crippen LogP contribution in [0.25, 0.3) is 0 Å². The Morgan fingerprint density at radius 1 is 1.29 bits per heavy atom. The van der Waals surface area contributed by atoms with E-state index in [1.807, 2.05) is 38.3 Å². The molecule has 1 unspecified atom stereocenters. The molecule has 0 radical (unpaired) electrons. The Morgan fingerprint density at radius 2 is 2.11 bits per heavy atom. The van der Waals surface area contributed by atoms with Gasteiger partial charge in [0.2, 0.25) is 0 Å². The normalized spacial score (nSPS) is 12.5. The number of hydrogen-bond acceptors (Lipinski definition) is 3. The second kappa shape index (κ2) is 11.1. The number of nitrogens with one attached hydrogen (secondary N) is 1. The van der Waals surface area contributed by atoms with Crippen LogP contribution in [0.15, 0.2) is 53.7 Å². The first-order valence-corrected chi connectivity index (χ1v) is 9.98. The Hall–Kier alpha value is -2.86. The third kappa shape index (κ3) is 7.04. The summed E-state index contributed by atoms with van der Waals surface area (Å²) in [6, 6.07) is 10.5. The van der Waals surface area contributed by atoms with Crippen LogP contribution < -0.4 is 5.32 Å². The summed E-state index contributed by atoms with van der Waals surface area (Å²) in [5.41, 5.74) is 5.47. The van der Waals surface area contributed by atoms with Crippen molar-refractivity contribution in [2.24, 2.45) is 10.9 Å². The van der Waals surface area contributed by atoms with E-state index in [-0.39, 0.29) is 0 Å². The quantitative estimate of drug-likeness (QED) is 0.469. The summed E-state index contributed by atoms with van der Waals surface area (Å²) in [5, 5.41) is 2.99. The van der Waals surface area contributed by atoms with Crippen molar-refractivity contribution in [3.63, 3.8) is 0 Å². The zero-order valence-electron chi connectivity index (χ0n) is 17.7. The van der Waals surface area contributed by atoms with Gasteiger partial charge in [-0.3, -0.25) is 4.99 Å². The topological polar surface area (TPSA) is 37.3 Å². The molecule has 3 heteroatoms. The summed E-state index contributed by atoms with van der Waals surface area (Å²) >= 11 is 0. The van der Waals surface area contributed by atoms with E-state index in [0.717, 1.165) is 35.1 Å². The van der Waals surface area contributed by atoms with Crippen molar-refractivity contribution in [1.82, 2.24) is 4.98 Å². The minimum atomic E-state index is 0.781. The SMILES string of the molecule is CCC(C)CCc1ccc(N=C(C)/C=C/C#Cc2ccc(NC)nc2)c(C)c1. The number of hydrogen-bond donors (Lipinski definition) is 1. The zero-order valence-corrected chi connectivity index (χ0v) is 17.7. The molecule has 0 saturated carbocycles.